The fourth-order valence-electron chi connectivity index (χ4n) is 1.05. The van der Waals surface area contributed by atoms with Crippen LogP contribution in [-0.4, -0.2) is 36.6 Å². The molecule has 6 nitrogen and oxygen atoms in total. The molecule has 0 unspecified atom stereocenters. The van der Waals surface area contributed by atoms with Crippen molar-refractivity contribution in [1.29, 1.82) is 5.26 Å². The fraction of sp³-hybridized carbons (Fsp3) is 0.400. The summed E-state index contributed by atoms with van der Waals surface area (Å²) < 4.78 is 4.53. The minimum Gasteiger partial charge on any atom is -0.469 e. The van der Waals surface area contributed by atoms with E-state index in [2.05, 4.69) is 14.7 Å². The fourth-order valence-corrected chi connectivity index (χ4v) is 1.05. The van der Waals surface area contributed by atoms with Gasteiger partial charge < -0.3 is 9.64 Å². The highest BCUT2D eigenvalue weighted by molar-refractivity contribution is 5.69. The van der Waals surface area contributed by atoms with Gasteiger partial charge in [-0.15, -0.1) is 0 Å². The number of methoxy groups -OCH3 is 1. The molecule has 0 atom stereocenters. The number of carbonyl (C=O) groups is 1. The monoisotopic (exact) mass is 220 g/mol. The quantitative estimate of drug-likeness (QED) is 0.681. The Hall–Kier alpha value is -2.16. The highest BCUT2D eigenvalue weighted by Crippen LogP contribution is 2.06. The van der Waals surface area contributed by atoms with E-state index in [-0.39, 0.29) is 18.1 Å². The topological polar surface area (TPSA) is 79.1 Å². The first-order valence-electron chi connectivity index (χ1n) is 4.67. The maximum Gasteiger partial charge on any atom is 0.307 e. The second-order valence-electron chi connectivity index (χ2n) is 3.12. The van der Waals surface area contributed by atoms with E-state index in [9.17, 15) is 4.79 Å². The standard InChI is InChI=1S/C10H12N4O2/c1-14(4-3-10(15)16-2)9-7-12-8(5-11)6-13-9/h6-7H,3-4H2,1-2H3. The summed E-state index contributed by atoms with van der Waals surface area (Å²) in [6, 6.07) is 1.89. The Kier molecular flexibility index (Phi) is 4.21. The van der Waals surface area contributed by atoms with Crippen molar-refractivity contribution in [2.45, 2.75) is 6.42 Å². The SMILES string of the molecule is COC(=O)CCN(C)c1cnc(C#N)cn1. The Balaban J connectivity index is 2.56. The van der Waals surface area contributed by atoms with Gasteiger partial charge in [0.25, 0.3) is 0 Å². The van der Waals surface area contributed by atoms with Crippen LogP contribution in [0.4, 0.5) is 5.82 Å². The van der Waals surface area contributed by atoms with Gasteiger partial charge in [-0.25, -0.2) is 9.97 Å². The number of anilines is 1. The van der Waals surface area contributed by atoms with Gasteiger partial charge in [0, 0.05) is 13.6 Å². The summed E-state index contributed by atoms with van der Waals surface area (Å²) in [6.45, 7) is 0.493. The van der Waals surface area contributed by atoms with E-state index in [1.807, 2.05) is 6.07 Å². The Labute approximate surface area is 93.5 Å². The molecule has 1 aromatic rings. The first-order chi connectivity index (χ1) is 7.67. The van der Waals surface area contributed by atoms with Crippen LogP contribution in [0.25, 0.3) is 0 Å². The van der Waals surface area contributed by atoms with Gasteiger partial charge in [0.1, 0.15) is 11.9 Å². The summed E-state index contributed by atoms with van der Waals surface area (Å²) in [5.74, 6) is 0.344. The van der Waals surface area contributed by atoms with Gasteiger partial charge in [0.15, 0.2) is 5.69 Å². The van der Waals surface area contributed by atoms with Crippen LogP contribution in [0.15, 0.2) is 12.4 Å². The highest BCUT2D eigenvalue weighted by Gasteiger charge is 2.06. The van der Waals surface area contributed by atoms with Crippen molar-refractivity contribution in [1.82, 2.24) is 9.97 Å². The summed E-state index contributed by atoms with van der Waals surface area (Å²) in [6.07, 6.45) is 3.18. The van der Waals surface area contributed by atoms with Crippen LogP contribution in [0, 0.1) is 11.3 Å². The van der Waals surface area contributed by atoms with Gasteiger partial charge in [0.2, 0.25) is 0 Å². The lowest BCUT2D eigenvalue weighted by Gasteiger charge is -2.16. The normalized spacial score (nSPS) is 9.31. The number of carbonyl (C=O) groups excluding carboxylic acids is 1. The van der Waals surface area contributed by atoms with Crippen LogP contribution in [0.1, 0.15) is 12.1 Å². The van der Waals surface area contributed by atoms with Gasteiger partial charge in [-0.3, -0.25) is 4.79 Å². The lowest BCUT2D eigenvalue weighted by molar-refractivity contribution is -0.140. The molecule has 0 saturated carbocycles. The van der Waals surface area contributed by atoms with E-state index in [0.717, 1.165) is 0 Å². The highest BCUT2D eigenvalue weighted by atomic mass is 16.5. The zero-order valence-electron chi connectivity index (χ0n) is 9.17. The van der Waals surface area contributed by atoms with E-state index in [4.69, 9.17) is 5.26 Å². The van der Waals surface area contributed by atoms with Gasteiger partial charge in [-0.05, 0) is 0 Å². The molecule has 0 aliphatic carbocycles. The lowest BCUT2D eigenvalue weighted by atomic mass is 10.4. The molecule has 0 spiro atoms. The Bertz CT molecular complexity index is 396. The number of hydrogen-bond acceptors (Lipinski definition) is 6. The van der Waals surface area contributed by atoms with Gasteiger partial charge >= 0.3 is 5.97 Å². The second-order valence-corrected chi connectivity index (χ2v) is 3.12. The molecule has 6 heteroatoms. The smallest absolute Gasteiger partial charge is 0.307 e. The van der Waals surface area contributed by atoms with Crippen molar-refractivity contribution < 1.29 is 9.53 Å². The van der Waals surface area contributed by atoms with Gasteiger partial charge in [-0.2, -0.15) is 5.26 Å². The molecule has 0 fully saturated rings. The first-order valence-corrected chi connectivity index (χ1v) is 4.67. The predicted molar refractivity (Wildman–Crippen MR) is 56.7 cm³/mol. The minimum atomic E-state index is -0.270. The zero-order chi connectivity index (χ0) is 12.0. The van der Waals surface area contributed by atoms with Gasteiger partial charge in [0.05, 0.1) is 25.9 Å². The van der Waals surface area contributed by atoms with E-state index in [1.54, 1.807) is 11.9 Å². The van der Waals surface area contributed by atoms with Crippen LogP contribution in [0.3, 0.4) is 0 Å². The average Bonchev–Trinajstić information content (AvgIpc) is 2.35. The molecule has 0 N–H and O–H groups in total. The van der Waals surface area contributed by atoms with Crippen LogP contribution >= 0.6 is 0 Å². The molecule has 0 radical (unpaired) electrons. The molecule has 16 heavy (non-hydrogen) atoms. The molecular formula is C10H12N4O2. The lowest BCUT2D eigenvalue weighted by Crippen LogP contribution is -2.22. The molecule has 1 rings (SSSR count). The number of hydrogen-bond donors (Lipinski definition) is 0. The summed E-state index contributed by atoms with van der Waals surface area (Å²) in [5.41, 5.74) is 0.269. The Morgan fingerprint density at radius 1 is 1.56 bits per heavy atom. The third-order valence-electron chi connectivity index (χ3n) is 2.02. The molecule has 0 bridgehead atoms. The number of esters is 1. The van der Waals surface area contributed by atoms with E-state index >= 15 is 0 Å². The van der Waals surface area contributed by atoms with Gasteiger partial charge in [-0.1, -0.05) is 0 Å². The van der Waals surface area contributed by atoms with Crippen LogP contribution < -0.4 is 4.90 Å². The molecule has 1 heterocycles. The summed E-state index contributed by atoms with van der Waals surface area (Å²) in [5, 5.41) is 8.55. The van der Waals surface area contributed by atoms with Crippen molar-refractivity contribution in [2.24, 2.45) is 0 Å². The number of nitrogens with zero attached hydrogens (tertiary/aromatic N) is 4. The van der Waals surface area contributed by atoms with E-state index in [1.165, 1.54) is 19.5 Å². The molecule has 0 saturated heterocycles. The maximum atomic E-state index is 10.9. The van der Waals surface area contributed by atoms with Crippen molar-refractivity contribution in [3.63, 3.8) is 0 Å². The molecule has 0 aliphatic rings. The third kappa shape index (κ3) is 3.20. The molecule has 0 amide bonds. The molecule has 0 aromatic carbocycles. The minimum absolute atomic E-state index is 0.269. The third-order valence-corrected chi connectivity index (χ3v) is 2.02. The van der Waals surface area contributed by atoms with Crippen molar-refractivity contribution >= 4 is 11.8 Å². The number of rotatable bonds is 4. The van der Waals surface area contributed by atoms with Crippen LogP contribution in [-0.2, 0) is 9.53 Å². The predicted octanol–water partition coefficient (Wildman–Crippen LogP) is 0.348. The number of ether oxygens (including phenoxy) is 1. The average molecular weight is 220 g/mol. The maximum absolute atomic E-state index is 10.9. The first kappa shape index (κ1) is 11.9. The van der Waals surface area contributed by atoms with Crippen molar-refractivity contribution in [3.8, 4) is 6.07 Å². The molecule has 84 valence electrons. The Morgan fingerprint density at radius 3 is 2.81 bits per heavy atom. The zero-order valence-corrected chi connectivity index (χ0v) is 9.17. The van der Waals surface area contributed by atoms with E-state index < -0.39 is 0 Å². The van der Waals surface area contributed by atoms with Crippen molar-refractivity contribution in [3.05, 3.63) is 18.1 Å². The van der Waals surface area contributed by atoms with E-state index in [0.29, 0.717) is 12.4 Å². The van der Waals surface area contributed by atoms with Crippen LogP contribution in [0.2, 0.25) is 0 Å². The van der Waals surface area contributed by atoms with Crippen LogP contribution in [0.5, 0.6) is 0 Å². The summed E-state index contributed by atoms with van der Waals surface area (Å²) in [4.78, 5) is 20.6. The molecule has 0 aliphatic heterocycles. The number of nitriles is 1. The molecular weight excluding hydrogens is 208 g/mol. The van der Waals surface area contributed by atoms with Crippen molar-refractivity contribution in [2.75, 3.05) is 25.6 Å². The Morgan fingerprint density at radius 2 is 2.31 bits per heavy atom. The largest absolute Gasteiger partial charge is 0.469 e. The molecule has 1 aromatic heterocycles. The summed E-state index contributed by atoms with van der Waals surface area (Å²) >= 11 is 0. The summed E-state index contributed by atoms with van der Waals surface area (Å²) in [7, 11) is 3.14. The number of aromatic nitrogens is 2. The second kappa shape index (κ2) is 5.66.